The van der Waals surface area contributed by atoms with Crippen LogP contribution in [0, 0.1) is 12.3 Å². The van der Waals surface area contributed by atoms with Gasteiger partial charge in [-0.3, -0.25) is 5.41 Å². The number of nitrogens with one attached hydrogen (secondary N) is 1. The van der Waals surface area contributed by atoms with Crippen molar-refractivity contribution < 1.29 is 0 Å². The second kappa shape index (κ2) is 3.57. The molecule has 3 heteroatoms. The monoisotopic (exact) mass is 203 g/mol. The number of aryl methyl sites for hydroxylation is 1. The smallest absolute Gasteiger partial charge is 0.124 e. The van der Waals surface area contributed by atoms with Crippen LogP contribution in [-0.4, -0.2) is 18.9 Å². The molecule has 1 fully saturated rings. The minimum Gasteiger partial charge on any atom is -0.384 e. The molecule has 3 N–H and O–H groups in total. The molecule has 80 valence electrons. The summed E-state index contributed by atoms with van der Waals surface area (Å²) in [5.74, 6) is 0.154. The normalized spacial score (nSPS) is 15.1. The highest BCUT2D eigenvalue weighted by molar-refractivity contribution is 6.00. The first-order valence-electron chi connectivity index (χ1n) is 5.27. The highest BCUT2D eigenvalue weighted by atomic mass is 15.2. The largest absolute Gasteiger partial charge is 0.384 e. The first-order chi connectivity index (χ1) is 7.09. The highest BCUT2D eigenvalue weighted by Crippen LogP contribution is 2.32. The molecule has 1 saturated carbocycles. The van der Waals surface area contributed by atoms with Crippen LogP contribution in [0.15, 0.2) is 18.2 Å². The van der Waals surface area contributed by atoms with Crippen molar-refractivity contribution in [3.8, 4) is 0 Å². The Morgan fingerprint density at radius 1 is 1.47 bits per heavy atom. The molecule has 2 rings (SSSR count). The van der Waals surface area contributed by atoms with Crippen LogP contribution < -0.4 is 10.6 Å². The molecule has 0 spiro atoms. The van der Waals surface area contributed by atoms with Crippen LogP contribution in [0.25, 0.3) is 0 Å². The second-order valence-corrected chi connectivity index (χ2v) is 4.28. The molecule has 0 amide bonds. The SMILES string of the molecule is Cc1ccc(N(C)C2CC2)c(C(=N)N)c1. The van der Waals surface area contributed by atoms with Crippen molar-refractivity contribution in [2.24, 2.45) is 5.73 Å². The lowest BCUT2D eigenvalue weighted by molar-refractivity contribution is 0.915. The molecule has 0 unspecified atom stereocenters. The summed E-state index contributed by atoms with van der Waals surface area (Å²) in [4.78, 5) is 2.23. The van der Waals surface area contributed by atoms with Crippen LogP contribution >= 0.6 is 0 Å². The molecule has 3 nitrogen and oxygen atoms in total. The van der Waals surface area contributed by atoms with Gasteiger partial charge in [0, 0.05) is 24.3 Å². The Labute approximate surface area is 90.4 Å². The van der Waals surface area contributed by atoms with Crippen molar-refractivity contribution in [2.45, 2.75) is 25.8 Å². The van der Waals surface area contributed by atoms with Gasteiger partial charge in [-0.2, -0.15) is 0 Å². The number of benzene rings is 1. The van der Waals surface area contributed by atoms with Crippen molar-refractivity contribution >= 4 is 11.5 Å². The first kappa shape index (κ1) is 10.0. The summed E-state index contributed by atoms with van der Waals surface area (Å²) in [5, 5.41) is 7.58. The molecule has 0 aromatic heterocycles. The van der Waals surface area contributed by atoms with Gasteiger partial charge in [0.2, 0.25) is 0 Å². The lowest BCUT2D eigenvalue weighted by Gasteiger charge is -2.22. The van der Waals surface area contributed by atoms with Gasteiger partial charge in [-0.05, 0) is 31.9 Å². The van der Waals surface area contributed by atoms with E-state index in [1.165, 1.54) is 12.8 Å². The molecule has 1 aliphatic carbocycles. The number of hydrogen-bond acceptors (Lipinski definition) is 2. The molecule has 0 aliphatic heterocycles. The second-order valence-electron chi connectivity index (χ2n) is 4.28. The molecule has 1 aliphatic rings. The van der Waals surface area contributed by atoms with E-state index in [9.17, 15) is 0 Å². The number of rotatable bonds is 3. The van der Waals surface area contributed by atoms with Crippen LogP contribution in [0.1, 0.15) is 24.0 Å². The van der Waals surface area contributed by atoms with Crippen LogP contribution in [-0.2, 0) is 0 Å². The zero-order valence-corrected chi connectivity index (χ0v) is 9.25. The molecule has 0 saturated heterocycles. The van der Waals surface area contributed by atoms with E-state index in [-0.39, 0.29) is 5.84 Å². The molecule has 0 atom stereocenters. The summed E-state index contributed by atoms with van der Waals surface area (Å²) in [5.41, 5.74) is 8.68. The van der Waals surface area contributed by atoms with Gasteiger partial charge in [0.25, 0.3) is 0 Å². The standard InChI is InChI=1S/C12H17N3/c1-8-3-6-11(10(7-8)12(13)14)15(2)9-4-5-9/h3,6-7,9H,4-5H2,1-2H3,(H3,13,14). The van der Waals surface area contributed by atoms with Crippen LogP contribution in [0.2, 0.25) is 0 Å². The molecule has 1 aromatic rings. The van der Waals surface area contributed by atoms with Gasteiger partial charge in [0.15, 0.2) is 0 Å². The van der Waals surface area contributed by atoms with Gasteiger partial charge in [0.05, 0.1) is 0 Å². The Morgan fingerprint density at radius 3 is 2.67 bits per heavy atom. The van der Waals surface area contributed by atoms with Crippen molar-refractivity contribution in [1.29, 1.82) is 5.41 Å². The predicted octanol–water partition coefficient (Wildman–Crippen LogP) is 1.88. The fourth-order valence-electron chi connectivity index (χ4n) is 1.83. The van der Waals surface area contributed by atoms with E-state index in [2.05, 4.69) is 24.1 Å². The first-order valence-corrected chi connectivity index (χ1v) is 5.27. The molecule has 15 heavy (non-hydrogen) atoms. The van der Waals surface area contributed by atoms with Crippen molar-refractivity contribution in [1.82, 2.24) is 0 Å². The Bertz CT molecular complexity index is 394. The van der Waals surface area contributed by atoms with E-state index in [0.29, 0.717) is 6.04 Å². The van der Waals surface area contributed by atoms with Crippen molar-refractivity contribution in [3.63, 3.8) is 0 Å². The van der Waals surface area contributed by atoms with E-state index in [4.69, 9.17) is 11.1 Å². The molecule has 0 bridgehead atoms. The fraction of sp³-hybridized carbons (Fsp3) is 0.417. The van der Waals surface area contributed by atoms with Gasteiger partial charge in [-0.15, -0.1) is 0 Å². The van der Waals surface area contributed by atoms with Gasteiger partial charge >= 0.3 is 0 Å². The maximum Gasteiger partial charge on any atom is 0.124 e. The number of amidine groups is 1. The minimum absolute atomic E-state index is 0.154. The third-order valence-corrected chi connectivity index (χ3v) is 2.92. The topological polar surface area (TPSA) is 53.1 Å². The average Bonchev–Trinajstić information content (AvgIpc) is 2.99. The van der Waals surface area contributed by atoms with Crippen LogP contribution in [0.5, 0.6) is 0 Å². The minimum atomic E-state index is 0.154. The maximum absolute atomic E-state index is 7.58. The summed E-state index contributed by atoms with van der Waals surface area (Å²) in [6, 6.07) is 6.76. The number of nitrogens with two attached hydrogens (primary N) is 1. The lowest BCUT2D eigenvalue weighted by atomic mass is 10.1. The zero-order chi connectivity index (χ0) is 11.0. The van der Waals surface area contributed by atoms with Gasteiger partial charge in [0.1, 0.15) is 5.84 Å². The predicted molar refractivity (Wildman–Crippen MR) is 63.6 cm³/mol. The molecular formula is C12H17N3. The van der Waals surface area contributed by atoms with Gasteiger partial charge < -0.3 is 10.6 Å². The van der Waals surface area contributed by atoms with Crippen LogP contribution in [0.4, 0.5) is 5.69 Å². The summed E-state index contributed by atoms with van der Waals surface area (Å²) in [6.45, 7) is 2.02. The Kier molecular flexibility index (Phi) is 2.39. The number of nitrogen functional groups attached to an aromatic ring is 1. The third kappa shape index (κ3) is 1.96. The van der Waals surface area contributed by atoms with Crippen molar-refractivity contribution in [3.05, 3.63) is 29.3 Å². The number of hydrogen-bond donors (Lipinski definition) is 2. The zero-order valence-electron chi connectivity index (χ0n) is 9.25. The molecular weight excluding hydrogens is 186 g/mol. The summed E-state index contributed by atoms with van der Waals surface area (Å²) in [6.07, 6.45) is 2.50. The van der Waals surface area contributed by atoms with Gasteiger partial charge in [-0.1, -0.05) is 11.6 Å². The number of nitrogens with zero attached hydrogens (tertiary/aromatic N) is 1. The Balaban J connectivity index is 2.40. The fourth-order valence-corrected chi connectivity index (χ4v) is 1.83. The lowest BCUT2D eigenvalue weighted by Crippen LogP contribution is -2.24. The van der Waals surface area contributed by atoms with E-state index in [1.807, 2.05) is 13.0 Å². The average molecular weight is 203 g/mol. The summed E-state index contributed by atoms with van der Waals surface area (Å²) < 4.78 is 0. The Hall–Kier alpha value is -1.51. The summed E-state index contributed by atoms with van der Waals surface area (Å²) in [7, 11) is 2.08. The maximum atomic E-state index is 7.58. The van der Waals surface area contributed by atoms with E-state index >= 15 is 0 Å². The third-order valence-electron chi connectivity index (χ3n) is 2.92. The molecule has 0 radical (unpaired) electrons. The van der Waals surface area contributed by atoms with Crippen LogP contribution in [0.3, 0.4) is 0 Å². The van der Waals surface area contributed by atoms with E-state index < -0.39 is 0 Å². The van der Waals surface area contributed by atoms with Gasteiger partial charge in [-0.25, -0.2) is 0 Å². The summed E-state index contributed by atoms with van der Waals surface area (Å²) >= 11 is 0. The highest BCUT2D eigenvalue weighted by Gasteiger charge is 2.27. The quantitative estimate of drug-likeness (QED) is 0.582. The van der Waals surface area contributed by atoms with E-state index in [1.54, 1.807) is 0 Å². The Morgan fingerprint density at radius 2 is 2.13 bits per heavy atom. The van der Waals surface area contributed by atoms with Crippen molar-refractivity contribution in [2.75, 3.05) is 11.9 Å². The number of anilines is 1. The van der Waals surface area contributed by atoms with E-state index in [0.717, 1.165) is 16.8 Å². The molecule has 1 aromatic carbocycles. The molecule has 0 heterocycles.